The average Bonchev–Trinajstić information content (AvgIpc) is 3.38. The van der Waals surface area contributed by atoms with Crippen molar-refractivity contribution in [3.8, 4) is 22.0 Å². The zero-order valence-electron chi connectivity index (χ0n) is 20.0. The van der Waals surface area contributed by atoms with E-state index in [0.717, 1.165) is 52.4 Å². The maximum absolute atomic E-state index is 13.5. The molecule has 37 heavy (non-hydrogen) atoms. The number of rotatable bonds is 6. The van der Waals surface area contributed by atoms with Crippen LogP contribution in [-0.2, 0) is 0 Å². The summed E-state index contributed by atoms with van der Waals surface area (Å²) in [6.07, 6.45) is 3.90. The number of para-hydroxylation sites is 1. The van der Waals surface area contributed by atoms with Crippen molar-refractivity contribution >= 4 is 39.1 Å². The molecule has 0 aliphatic carbocycles. The van der Waals surface area contributed by atoms with Gasteiger partial charge in [-0.2, -0.15) is 0 Å². The van der Waals surface area contributed by atoms with Crippen molar-refractivity contribution in [2.75, 3.05) is 23.7 Å². The fourth-order valence-corrected chi connectivity index (χ4v) is 5.33. The minimum absolute atomic E-state index is 0.247. The average molecular weight is 508 g/mol. The molecule has 184 valence electrons. The quantitative estimate of drug-likeness (QED) is 0.289. The molecule has 6 rings (SSSR count). The summed E-state index contributed by atoms with van der Waals surface area (Å²) < 4.78 is 0. The fraction of sp³-hybridized carbons (Fsp3) is 0.179. The minimum atomic E-state index is -0.309. The van der Waals surface area contributed by atoms with E-state index in [1.165, 1.54) is 11.3 Å². The number of nitrogens with zero attached hydrogens (tertiary/aromatic N) is 4. The van der Waals surface area contributed by atoms with Crippen molar-refractivity contribution < 1.29 is 4.79 Å². The van der Waals surface area contributed by atoms with Crippen LogP contribution in [0.15, 0.2) is 79.0 Å². The van der Waals surface area contributed by atoms with Crippen molar-refractivity contribution in [3.05, 3.63) is 84.7 Å². The number of thiazole rings is 1. The molecule has 1 unspecified atom stereocenters. The third-order valence-corrected chi connectivity index (χ3v) is 7.22. The Kier molecular flexibility index (Phi) is 6.53. The number of hydrogen-bond donors (Lipinski definition) is 3. The number of anilines is 2. The number of piperidine rings is 1. The number of carbonyl (C=O) groups is 1. The van der Waals surface area contributed by atoms with E-state index in [1.54, 1.807) is 12.3 Å². The highest BCUT2D eigenvalue weighted by Crippen LogP contribution is 2.34. The zero-order chi connectivity index (χ0) is 25.0. The highest BCUT2D eigenvalue weighted by molar-refractivity contribution is 7.21. The monoisotopic (exact) mass is 507 g/mol. The number of pyridine rings is 1. The molecule has 1 atom stereocenters. The summed E-state index contributed by atoms with van der Waals surface area (Å²) in [5.74, 6) is 0.833. The van der Waals surface area contributed by atoms with Crippen LogP contribution in [0.1, 0.15) is 23.3 Å². The van der Waals surface area contributed by atoms with E-state index < -0.39 is 0 Å². The maximum atomic E-state index is 13.5. The summed E-state index contributed by atoms with van der Waals surface area (Å²) >= 11 is 1.49. The van der Waals surface area contributed by atoms with Crippen LogP contribution in [0.2, 0.25) is 0 Å². The van der Waals surface area contributed by atoms with E-state index in [4.69, 9.17) is 9.97 Å². The van der Waals surface area contributed by atoms with Gasteiger partial charge in [-0.05, 0) is 43.7 Å². The number of amides is 1. The molecule has 1 saturated heterocycles. The summed E-state index contributed by atoms with van der Waals surface area (Å²) in [6.45, 7) is 1.88. The summed E-state index contributed by atoms with van der Waals surface area (Å²) in [5.41, 5.74) is 3.48. The molecule has 0 bridgehead atoms. The molecule has 3 aromatic heterocycles. The van der Waals surface area contributed by atoms with Crippen molar-refractivity contribution in [1.29, 1.82) is 0 Å². The Bertz CT molecular complexity index is 1510. The van der Waals surface area contributed by atoms with Crippen LogP contribution >= 0.6 is 11.3 Å². The normalized spacial score (nSPS) is 15.4. The van der Waals surface area contributed by atoms with Crippen LogP contribution in [0.5, 0.6) is 0 Å². The molecule has 1 fully saturated rings. The van der Waals surface area contributed by atoms with E-state index in [0.29, 0.717) is 23.0 Å². The predicted octanol–water partition coefficient (Wildman–Crippen LogP) is 5.23. The number of carbonyl (C=O) groups excluding carboxylic acids is 1. The van der Waals surface area contributed by atoms with Crippen LogP contribution in [0.4, 0.5) is 11.5 Å². The van der Waals surface area contributed by atoms with Gasteiger partial charge in [0.25, 0.3) is 5.91 Å². The smallest absolute Gasteiger partial charge is 0.274 e. The molecule has 0 spiro atoms. The molecule has 8 nitrogen and oxygen atoms in total. The molecule has 9 heteroatoms. The Labute approximate surface area is 218 Å². The standard InChI is InChI=1S/C28H25N7OS/c36-26(33-21-12-5-4-11-20(21)27-34-22-13-7-15-30-28(22)37-27)23-16-24(31-19-10-6-14-29-17-19)35-25(32-23)18-8-2-1-3-9-18/h1-5,7-9,11-13,15-16,19,29H,6,10,14,17H2,(H,33,36)(H,31,32,35). The molecule has 3 N–H and O–H groups in total. The molecule has 4 heterocycles. The fourth-order valence-electron chi connectivity index (χ4n) is 4.39. The lowest BCUT2D eigenvalue weighted by Gasteiger charge is -2.24. The maximum Gasteiger partial charge on any atom is 0.274 e. The Morgan fingerprint density at radius 1 is 0.973 bits per heavy atom. The predicted molar refractivity (Wildman–Crippen MR) is 148 cm³/mol. The molecule has 0 saturated carbocycles. The second kappa shape index (κ2) is 10.4. The summed E-state index contributed by atoms with van der Waals surface area (Å²) in [6, 6.07) is 23.1. The van der Waals surface area contributed by atoms with Gasteiger partial charge in [0.1, 0.15) is 26.9 Å². The van der Waals surface area contributed by atoms with Crippen molar-refractivity contribution in [2.24, 2.45) is 0 Å². The highest BCUT2D eigenvalue weighted by atomic mass is 32.1. The first-order valence-corrected chi connectivity index (χ1v) is 13.1. The largest absolute Gasteiger partial charge is 0.366 e. The third-order valence-electron chi connectivity index (χ3n) is 6.21. The Morgan fingerprint density at radius 2 is 1.84 bits per heavy atom. The van der Waals surface area contributed by atoms with E-state index >= 15 is 0 Å². The van der Waals surface area contributed by atoms with Crippen molar-refractivity contribution in [3.63, 3.8) is 0 Å². The second-order valence-electron chi connectivity index (χ2n) is 8.86. The molecule has 0 radical (unpaired) electrons. The van der Waals surface area contributed by atoms with E-state index in [1.807, 2.05) is 66.7 Å². The van der Waals surface area contributed by atoms with Crippen LogP contribution in [-0.4, -0.2) is 45.0 Å². The van der Waals surface area contributed by atoms with E-state index in [2.05, 4.69) is 25.9 Å². The molecule has 1 aliphatic heterocycles. The second-order valence-corrected chi connectivity index (χ2v) is 9.84. The van der Waals surface area contributed by atoms with Gasteiger partial charge >= 0.3 is 0 Å². The van der Waals surface area contributed by atoms with Gasteiger partial charge in [0.2, 0.25) is 0 Å². The molecular formula is C28H25N7OS. The van der Waals surface area contributed by atoms with Gasteiger partial charge in [-0.25, -0.2) is 19.9 Å². The first kappa shape index (κ1) is 23.2. The molecule has 5 aromatic rings. The minimum Gasteiger partial charge on any atom is -0.366 e. The van der Waals surface area contributed by atoms with Gasteiger partial charge in [-0.3, -0.25) is 4.79 Å². The first-order chi connectivity index (χ1) is 18.2. The Balaban J connectivity index is 1.33. The van der Waals surface area contributed by atoms with Crippen LogP contribution in [0.25, 0.3) is 32.3 Å². The lowest BCUT2D eigenvalue weighted by molar-refractivity contribution is 0.102. The molecule has 1 aliphatic rings. The lowest BCUT2D eigenvalue weighted by atomic mass is 10.1. The number of aromatic nitrogens is 4. The molecular weight excluding hydrogens is 482 g/mol. The lowest BCUT2D eigenvalue weighted by Crippen LogP contribution is -2.38. The van der Waals surface area contributed by atoms with Crippen molar-refractivity contribution in [2.45, 2.75) is 18.9 Å². The van der Waals surface area contributed by atoms with Gasteiger partial charge < -0.3 is 16.0 Å². The zero-order valence-corrected chi connectivity index (χ0v) is 20.8. The van der Waals surface area contributed by atoms with Crippen LogP contribution < -0.4 is 16.0 Å². The van der Waals surface area contributed by atoms with Gasteiger partial charge in [0.05, 0.1) is 5.69 Å². The van der Waals surface area contributed by atoms with Gasteiger partial charge in [0.15, 0.2) is 5.82 Å². The summed E-state index contributed by atoms with van der Waals surface area (Å²) in [5, 5.41) is 10.8. The first-order valence-electron chi connectivity index (χ1n) is 12.3. The Hall–Kier alpha value is -4.21. The van der Waals surface area contributed by atoms with Crippen LogP contribution in [0, 0.1) is 0 Å². The molecule has 2 aromatic carbocycles. The van der Waals surface area contributed by atoms with Crippen LogP contribution in [0.3, 0.4) is 0 Å². The molecule has 1 amide bonds. The number of fused-ring (bicyclic) bond motifs is 1. The summed E-state index contributed by atoms with van der Waals surface area (Å²) in [7, 11) is 0. The number of nitrogens with one attached hydrogen (secondary N) is 3. The topological polar surface area (TPSA) is 105 Å². The highest BCUT2D eigenvalue weighted by Gasteiger charge is 2.19. The number of hydrogen-bond acceptors (Lipinski definition) is 8. The van der Waals surface area contributed by atoms with Crippen molar-refractivity contribution in [1.82, 2.24) is 25.3 Å². The van der Waals surface area contributed by atoms with Gasteiger partial charge in [-0.15, -0.1) is 0 Å². The Morgan fingerprint density at radius 3 is 2.68 bits per heavy atom. The van der Waals surface area contributed by atoms with Gasteiger partial charge in [-0.1, -0.05) is 53.8 Å². The number of benzene rings is 2. The summed E-state index contributed by atoms with van der Waals surface area (Å²) in [4.78, 5) is 32.9. The van der Waals surface area contributed by atoms with Gasteiger partial charge in [0, 0.05) is 36.0 Å². The van der Waals surface area contributed by atoms with E-state index in [9.17, 15) is 4.79 Å². The third kappa shape index (κ3) is 5.18. The van der Waals surface area contributed by atoms with E-state index in [-0.39, 0.29) is 11.9 Å². The SMILES string of the molecule is O=C(Nc1ccccc1-c1nc2cccnc2s1)c1cc(NC2CCCNC2)nc(-c2ccccc2)n1.